The highest BCUT2D eigenvalue weighted by molar-refractivity contribution is 7.07. The van der Waals surface area contributed by atoms with Crippen LogP contribution in [0.1, 0.15) is 41.6 Å². The summed E-state index contributed by atoms with van der Waals surface area (Å²) in [5.74, 6) is 1.69. The quantitative estimate of drug-likeness (QED) is 0.391. The summed E-state index contributed by atoms with van der Waals surface area (Å²) in [6.45, 7) is 2.29. The second kappa shape index (κ2) is 10.1. The van der Waals surface area contributed by atoms with E-state index in [1.54, 1.807) is 37.0 Å². The standard InChI is InChI=1S/C31H28N2O5S/c1-4-38-25-15-18(9-13-23(25)34)16-27-30(35)33-29(20-11-14-24(36-2)26(17-20)37-3)22-12-10-19-7-5-6-8-21(19)28(22)32-31(33)39-27/h5-9,11,13-17,29,34H,4,10,12H2,1-3H3. The third-order valence-electron chi connectivity index (χ3n) is 7.18. The highest BCUT2D eigenvalue weighted by Gasteiger charge is 2.33. The molecule has 2 heterocycles. The van der Waals surface area contributed by atoms with Crippen molar-refractivity contribution in [3.63, 3.8) is 0 Å². The number of aromatic hydroxyl groups is 1. The van der Waals surface area contributed by atoms with Gasteiger partial charge in [0.2, 0.25) is 0 Å². The van der Waals surface area contributed by atoms with Gasteiger partial charge in [0.05, 0.1) is 37.1 Å². The van der Waals surface area contributed by atoms with Gasteiger partial charge >= 0.3 is 0 Å². The Labute approximate surface area is 229 Å². The first-order chi connectivity index (χ1) is 19.0. The lowest BCUT2D eigenvalue weighted by Crippen LogP contribution is -2.38. The number of ether oxygens (including phenoxy) is 3. The van der Waals surface area contributed by atoms with Crippen molar-refractivity contribution in [2.24, 2.45) is 4.99 Å². The summed E-state index contributed by atoms with van der Waals surface area (Å²) in [5, 5.41) is 10.1. The van der Waals surface area contributed by atoms with Crippen molar-refractivity contribution in [1.82, 2.24) is 4.57 Å². The monoisotopic (exact) mass is 540 g/mol. The zero-order valence-electron chi connectivity index (χ0n) is 21.9. The van der Waals surface area contributed by atoms with E-state index in [1.807, 2.05) is 37.3 Å². The Morgan fingerprint density at radius 2 is 1.85 bits per heavy atom. The fourth-order valence-electron chi connectivity index (χ4n) is 5.39. The molecule has 0 radical (unpaired) electrons. The molecule has 0 bridgehead atoms. The summed E-state index contributed by atoms with van der Waals surface area (Å²) < 4.78 is 19.0. The van der Waals surface area contributed by atoms with Crippen molar-refractivity contribution in [2.45, 2.75) is 25.8 Å². The minimum atomic E-state index is -0.328. The van der Waals surface area contributed by atoms with Crippen LogP contribution in [-0.2, 0) is 6.42 Å². The average molecular weight is 541 g/mol. The first-order valence-corrected chi connectivity index (χ1v) is 13.6. The minimum absolute atomic E-state index is 0.0650. The first-order valence-electron chi connectivity index (χ1n) is 12.8. The molecular weight excluding hydrogens is 512 g/mol. The number of hydrogen-bond acceptors (Lipinski definition) is 7. The SMILES string of the molecule is CCOc1cc(C=c2sc3n(c2=O)C(c2ccc(OC)c(OC)c2)C2=C(N=3)c3ccccc3CC2)ccc1O. The molecule has 0 spiro atoms. The lowest BCUT2D eigenvalue weighted by molar-refractivity contribution is 0.318. The van der Waals surface area contributed by atoms with Crippen LogP contribution in [0.2, 0.25) is 0 Å². The number of aromatic nitrogens is 1. The van der Waals surface area contributed by atoms with Crippen LogP contribution in [0, 0.1) is 0 Å². The van der Waals surface area contributed by atoms with Crippen molar-refractivity contribution in [3.8, 4) is 23.0 Å². The molecule has 2 aliphatic rings. The van der Waals surface area contributed by atoms with E-state index in [4.69, 9.17) is 19.2 Å². The van der Waals surface area contributed by atoms with Gasteiger partial charge in [-0.25, -0.2) is 4.99 Å². The summed E-state index contributed by atoms with van der Waals surface area (Å²) in [7, 11) is 3.22. The van der Waals surface area contributed by atoms with Gasteiger partial charge in [0.1, 0.15) is 0 Å². The molecule has 3 aromatic carbocycles. The smallest absolute Gasteiger partial charge is 0.271 e. The van der Waals surface area contributed by atoms with E-state index in [-0.39, 0.29) is 17.4 Å². The molecule has 0 amide bonds. The van der Waals surface area contributed by atoms with Crippen molar-refractivity contribution in [1.29, 1.82) is 0 Å². The Bertz CT molecular complexity index is 1800. The number of aryl methyl sites for hydroxylation is 1. The number of allylic oxidation sites excluding steroid dienone is 1. The third kappa shape index (κ3) is 4.30. The molecule has 8 heteroatoms. The van der Waals surface area contributed by atoms with Crippen molar-refractivity contribution < 1.29 is 19.3 Å². The Morgan fingerprint density at radius 3 is 2.64 bits per heavy atom. The van der Waals surface area contributed by atoms with Gasteiger partial charge in [-0.2, -0.15) is 0 Å². The maximum atomic E-state index is 14.0. The van der Waals surface area contributed by atoms with Gasteiger partial charge in [-0.15, -0.1) is 0 Å². The summed E-state index contributed by atoms with van der Waals surface area (Å²) in [5.41, 5.74) is 6.01. The predicted molar refractivity (Wildman–Crippen MR) is 152 cm³/mol. The van der Waals surface area contributed by atoms with Crippen molar-refractivity contribution >= 4 is 23.1 Å². The fraction of sp³-hybridized carbons (Fsp3) is 0.226. The lowest BCUT2D eigenvalue weighted by Gasteiger charge is -2.31. The van der Waals surface area contributed by atoms with E-state index in [0.717, 1.165) is 40.8 Å². The Hall–Kier alpha value is -4.30. The van der Waals surface area contributed by atoms with Gasteiger partial charge in [-0.1, -0.05) is 47.7 Å². The van der Waals surface area contributed by atoms with E-state index in [2.05, 4.69) is 18.2 Å². The van der Waals surface area contributed by atoms with E-state index in [9.17, 15) is 9.90 Å². The van der Waals surface area contributed by atoms with Gasteiger partial charge in [0, 0.05) is 5.56 Å². The molecule has 4 aromatic rings. The van der Waals surface area contributed by atoms with E-state index in [1.165, 1.54) is 16.9 Å². The molecule has 1 aromatic heterocycles. The topological polar surface area (TPSA) is 82.3 Å². The van der Waals surface area contributed by atoms with Gasteiger partial charge in [0.15, 0.2) is 27.8 Å². The van der Waals surface area contributed by atoms with Gasteiger partial charge < -0.3 is 19.3 Å². The second-order valence-electron chi connectivity index (χ2n) is 9.39. The van der Waals surface area contributed by atoms with Crippen LogP contribution in [-0.4, -0.2) is 30.5 Å². The molecule has 198 valence electrons. The maximum absolute atomic E-state index is 14.0. The van der Waals surface area contributed by atoms with Crippen LogP contribution >= 0.6 is 11.3 Å². The normalized spacial score (nSPS) is 16.2. The average Bonchev–Trinajstić information content (AvgIpc) is 3.27. The largest absolute Gasteiger partial charge is 0.504 e. The zero-order valence-corrected chi connectivity index (χ0v) is 22.7. The summed E-state index contributed by atoms with van der Waals surface area (Å²) in [6, 6.07) is 18.9. The molecule has 1 aliphatic heterocycles. The number of hydrogen-bond donors (Lipinski definition) is 1. The molecular formula is C31H28N2O5S. The molecule has 6 rings (SSSR count). The van der Waals surface area contributed by atoms with Gasteiger partial charge in [-0.05, 0) is 72.4 Å². The van der Waals surface area contributed by atoms with Gasteiger partial charge in [0.25, 0.3) is 5.56 Å². The Balaban J connectivity index is 1.59. The predicted octanol–water partition coefficient (Wildman–Crippen LogP) is 4.44. The van der Waals surface area contributed by atoms with Gasteiger partial charge in [-0.3, -0.25) is 9.36 Å². The molecule has 39 heavy (non-hydrogen) atoms. The van der Waals surface area contributed by atoms with Crippen LogP contribution in [0.15, 0.2) is 76.0 Å². The number of rotatable bonds is 6. The minimum Gasteiger partial charge on any atom is -0.504 e. The molecule has 1 atom stereocenters. The first kappa shape index (κ1) is 25.0. The molecule has 1 unspecified atom stereocenters. The molecule has 7 nitrogen and oxygen atoms in total. The summed E-state index contributed by atoms with van der Waals surface area (Å²) in [6.07, 6.45) is 3.51. The van der Waals surface area contributed by atoms with Crippen LogP contribution in [0.5, 0.6) is 23.0 Å². The van der Waals surface area contributed by atoms with Crippen LogP contribution in [0.4, 0.5) is 0 Å². The molecule has 0 fully saturated rings. The molecule has 0 saturated carbocycles. The Morgan fingerprint density at radius 1 is 1.03 bits per heavy atom. The Kier molecular flexibility index (Phi) is 6.48. The highest BCUT2D eigenvalue weighted by Crippen LogP contribution is 2.42. The van der Waals surface area contributed by atoms with Crippen molar-refractivity contribution in [3.05, 3.63) is 108 Å². The highest BCUT2D eigenvalue weighted by atomic mass is 32.1. The number of methoxy groups -OCH3 is 2. The summed E-state index contributed by atoms with van der Waals surface area (Å²) in [4.78, 5) is 19.7. The van der Waals surface area contributed by atoms with E-state index < -0.39 is 0 Å². The van der Waals surface area contributed by atoms with Crippen molar-refractivity contribution in [2.75, 3.05) is 20.8 Å². The van der Waals surface area contributed by atoms with E-state index >= 15 is 0 Å². The zero-order chi connectivity index (χ0) is 27.1. The lowest BCUT2D eigenvalue weighted by atomic mass is 9.83. The molecule has 1 aliphatic carbocycles. The fourth-order valence-corrected chi connectivity index (χ4v) is 6.39. The van der Waals surface area contributed by atoms with Crippen LogP contribution < -0.4 is 29.1 Å². The second-order valence-corrected chi connectivity index (χ2v) is 10.4. The number of thiazole rings is 1. The molecule has 1 N–H and O–H groups in total. The van der Waals surface area contributed by atoms with Crippen LogP contribution in [0.3, 0.4) is 0 Å². The van der Waals surface area contributed by atoms with E-state index in [0.29, 0.717) is 33.2 Å². The number of phenols is 1. The summed E-state index contributed by atoms with van der Waals surface area (Å²) >= 11 is 1.36. The number of benzene rings is 3. The number of fused-ring (bicyclic) bond motifs is 3. The maximum Gasteiger partial charge on any atom is 0.271 e. The molecule has 0 saturated heterocycles. The third-order valence-corrected chi connectivity index (χ3v) is 8.16. The van der Waals surface area contributed by atoms with Crippen LogP contribution in [0.25, 0.3) is 11.8 Å². The number of phenolic OH excluding ortho intramolecular Hbond substituents is 1. The number of nitrogens with zero attached hydrogens (tertiary/aromatic N) is 2.